The molecule has 1 aromatic carbocycles. The fourth-order valence-corrected chi connectivity index (χ4v) is 4.71. The van der Waals surface area contributed by atoms with Crippen molar-refractivity contribution in [1.82, 2.24) is 20.1 Å². The Morgan fingerprint density at radius 3 is 2.50 bits per heavy atom. The molecule has 11 heteroatoms. The van der Waals surface area contributed by atoms with Crippen LogP contribution < -0.4 is 14.8 Å². The third-order valence-electron chi connectivity index (χ3n) is 7.48. The Morgan fingerprint density at radius 1 is 1.15 bits per heavy atom. The molecule has 216 valence electrons. The molecular weight excluding hydrogens is 522 g/mol. The topological polar surface area (TPSA) is 101 Å². The fourth-order valence-electron chi connectivity index (χ4n) is 4.71. The number of rotatable bonds is 11. The lowest BCUT2D eigenvalue weighted by atomic mass is 9.96. The van der Waals surface area contributed by atoms with E-state index in [1.54, 1.807) is 35.0 Å². The van der Waals surface area contributed by atoms with Gasteiger partial charge in [0.15, 0.2) is 11.5 Å². The zero-order chi connectivity index (χ0) is 29.0. The molecule has 3 amide bonds. The van der Waals surface area contributed by atoms with Crippen LogP contribution in [0.5, 0.6) is 11.5 Å². The van der Waals surface area contributed by atoms with E-state index in [2.05, 4.69) is 15.0 Å². The van der Waals surface area contributed by atoms with E-state index < -0.39 is 12.5 Å². The largest absolute Gasteiger partial charge is 0.489 e. The lowest BCUT2D eigenvalue weighted by Gasteiger charge is -2.23. The van der Waals surface area contributed by atoms with Crippen molar-refractivity contribution >= 4 is 17.7 Å². The van der Waals surface area contributed by atoms with Crippen LogP contribution in [0.25, 0.3) is 0 Å². The maximum Gasteiger partial charge on any atom is 0.387 e. The van der Waals surface area contributed by atoms with E-state index in [1.165, 1.54) is 25.3 Å². The second kappa shape index (κ2) is 12.6. The Hall–Kier alpha value is -3.76. The summed E-state index contributed by atoms with van der Waals surface area (Å²) in [4.78, 5) is 45.1. The number of carbonyl (C=O) groups excluding carboxylic acids is 3. The number of hydrogen-bond donors (Lipinski definition) is 1. The summed E-state index contributed by atoms with van der Waals surface area (Å²) in [5.41, 5.74) is 1.40. The third-order valence-corrected chi connectivity index (χ3v) is 7.48. The summed E-state index contributed by atoms with van der Waals surface area (Å²) in [6.07, 6.45) is 4.07. The van der Waals surface area contributed by atoms with Gasteiger partial charge in [-0.05, 0) is 68.9 Å². The maximum atomic E-state index is 12.9. The summed E-state index contributed by atoms with van der Waals surface area (Å²) < 4.78 is 36.3. The molecule has 2 heterocycles. The van der Waals surface area contributed by atoms with Crippen LogP contribution in [0, 0.1) is 5.92 Å². The normalized spacial score (nSPS) is 18.6. The van der Waals surface area contributed by atoms with E-state index >= 15 is 0 Å². The van der Waals surface area contributed by atoms with E-state index in [4.69, 9.17) is 4.74 Å². The lowest BCUT2D eigenvalue weighted by Crippen LogP contribution is -2.42. The summed E-state index contributed by atoms with van der Waals surface area (Å²) in [7, 11) is 1.71. The van der Waals surface area contributed by atoms with Gasteiger partial charge in [0.2, 0.25) is 5.91 Å². The van der Waals surface area contributed by atoms with Crippen LogP contribution in [0.4, 0.5) is 8.78 Å². The highest BCUT2D eigenvalue weighted by Gasteiger charge is 2.35. The van der Waals surface area contributed by atoms with E-state index in [0.717, 1.165) is 18.4 Å². The molecule has 1 saturated heterocycles. The number of alkyl halides is 2. The number of carbonyl (C=O) groups is 3. The molecule has 2 fully saturated rings. The minimum Gasteiger partial charge on any atom is -0.489 e. The zero-order valence-electron chi connectivity index (χ0n) is 23.2. The van der Waals surface area contributed by atoms with Gasteiger partial charge in [-0.15, -0.1) is 0 Å². The van der Waals surface area contributed by atoms with Crippen molar-refractivity contribution in [1.29, 1.82) is 0 Å². The van der Waals surface area contributed by atoms with Crippen LogP contribution >= 0.6 is 0 Å². The van der Waals surface area contributed by atoms with Crippen LogP contribution in [0.3, 0.4) is 0 Å². The molecule has 1 aliphatic heterocycles. The highest BCUT2D eigenvalue weighted by atomic mass is 19.3. The van der Waals surface area contributed by atoms with Crippen molar-refractivity contribution in [3.05, 3.63) is 53.3 Å². The number of ether oxygens (including phenoxy) is 2. The molecule has 1 N–H and O–H groups in total. The van der Waals surface area contributed by atoms with Crippen molar-refractivity contribution in [2.24, 2.45) is 5.92 Å². The van der Waals surface area contributed by atoms with Gasteiger partial charge in [-0.25, -0.2) is 0 Å². The molecule has 1 unspecified atom stereocenters. The molecule has 40 heavy (non-hydrogen) atoms. The number of nitrogens with zero attached hydrogens (tertiary/aromatic N) is 3. The van der Waals surface area contributed by atoms with E-state index in [0.29, 0.717) is 31.1 Å². The van der Waals surface area contributed by atoms with Crippen molar-refractivity contribution < 1.29 is 32.6 Å². The van der Waals surface area contributed by atoms with Gasteiger partial charge in [-0.2, -0.15) is 8.78 Å². The van der Waals surface area contributed by atoms with Crippen molar-refractivity contribution in [2.45, 2.75) is 64.6 Å². The summed E-state index contributed by atoms with van der Waals surface area (Å²) in [6.45, 7) is 3.41. The van der Waals surface area contributed by atoms with Crippen molar-refractivity contribution in [3.8, 4) is 11.5 Å². The van der Waals surface area contributed by atoms with Gasteiger partial charge < -0.3 is 24.6 Å². The van der Waals surface area contributed by atoms with Crippen LogP contribution in [0.2, 0.25) is 0 Å². The molecule has 4 rings (SSSR count). The number of halogens is 2. The fraction of sp³-hybridized carbons (Fsp3) is 0.517. The number of nitrogens with one attached hydrogen (secondary N) is 1. The van der Waals surface area contributed by atoms with Crippen LogP contribution in [-0.4, -0.2) is 77.9 Å². The monoisotopic (exact) mass is 558 g/mol. The van der Waals surface area contributed by atoms with E-state index in [9.17, 15) is 23.2 Å². The molecular formula is C29H36F2N4O5. The first-order valence-corrected chi connectivity index (χ1v) is 13.5. The highest BCUT2D eigenvalue weighted by molar-refractivity contribution is 5.96. The number of hydrogen-bond acceptors (Lipinski definition) is 6. The Balaban J connectivity index is 1.40. The molecule has 2 atom stereocenters. The summed E-state index contributed by atoms with van der Waals surface area (Å²) in [5.74, 6) is -0.103. The predicted molar refractivity (Wildman–Crippen MR) is 144 cm³/mol. The second-order valence-electron chi connectivity index (χ2n) is 10.7. The van der Waals surface area contributed by atoms with Gasteiger partial charge in [-0.1, -0.05) is 6.07 Å². The molecule has 2 aromatic rings. The molecule has 9 nitrogen and oxygen atoms in total. The number of pyridine rings is 1. The first-order chi connectivity index (χ1) is 19.0. The molecule has 0 bridgehead atoms. The Morgan fingerprint density at radius 2 is 1.90 bits per heavy atom. The number of aromatic nitrogens is 1. The number of benzene rings is 1. The van der Waals surface area contributed by atoms with Gasteiger partial charge in [0.25, 0.3) is 11.8 Å². The minimum atomic E-state index is -2.96. The minimum absolute atomic E-state index is 0.0132. The standard InChI is InChI=1S/C29H36F2N4O5/c1-17(2)34(4)28(38)21-7-9-24(32-13-21)27(37)33-14-23-11-22(15-35(23)18(3)36)20-8-10-25(40-29(30)31)26(12-20)39-16-19-5-6-19/h7-10,12-13,17,19,22-23,29H,5-6,11,14-16H2,1-4H3,(H,33,37)/t22?,23-/m1/s1. The molecule has 1 saturated carbocycles. The number of amides is 3. The highest BCUT2D eigenvalue weighted by Crippen LogP contribution is 2.38. The average molecular weight is 559 g/mol. The van der Waals surface area contributed by atoms with Gasteiger partial charge in [-0.3, -0.25) is 19.4 Å². The van der Waals surface area contributed by atoms with Crippen LogP contribution in [0.15, 0.2) is 36.5 Å². The van der Waals surface area contributed by atoms with Gasteiger partial charge >= 0.3 is 6.61 Å². The second-order valence-corrected chi connectivity index (χ2v) is 10.7. The molecule has 0 radical (unpaired) electrons. The van der Waals surface area contributed by atoms with Crippen LogP contribution in [0.1, 0.15) is 72.4 Å². The summed E-state index contributed by atoms with van der Waals surface area (Å²) in [6, 6.07) is 7.75. The molecule has 0 spiro atoms. The van der Waals surface area contributed by atoms with Crippen molar-refractivity contribution in [2.75, 3.05) is 26.7 Å². The lowest BCUT2D eigenvalue weighted by molar-refractivity contribution is -0.129. The number of likely N-dealkylation sites (tertiary alicyclic amines) is 1. The predicted octanol–water partition coefficient (Wildman–Crippen LogP) is 4.09. The van der Waals surface area contributed by atoms with E-state index in [1.807, 2.05) is 13.8 Å². The van der Waals surface area contributed by atoms with E-state index in [-0.39, 0.29) is 53.6 Å². The molecule has 2 aliphatic rings. The summed E-state index contributed by atoms with van der Waals surface area (Å²) in [5, 5.41) is 2.85. The Kier molecular flexibility index (Phi) is 9.21. The first kappa shape index (κ1) is 29.2. The van der Waals surface area contributed by atoms with Gasteiger partial charge in [0, 0.05) is 51.3 Å². The Bertz CT molecular complexity index is 1220. The first-order valence-electron chi connectivity index (χ1n) is 13.5. The average Bonchev–Trinajstić information content (AvgIpc) is 3.66. The molecule has 1 aromatic heterocycles. The molecule has 1 aliphatic carbocycles. The van der Waals surface area contributed by atoms with Gasteiger partial charge in [0.1, 0.15) is 5.69 Å². The zero-order valence-corrected chi connectivity index (χ0v) is 23.2. The smallest absolute Gasteiger partial charge is 0.387 e. The quantitative estimate of drug-likeness (QED) is 0.446. The van der Waals surface area contributed by atoms with Crippen molar-refractivity contribution in [3.63, 3.8) is 0 Å². The SMILES string of the molecule is CC(=O)N1CC(c2ccc(OC(F)F)c(OCC3CC3)c2)C[C@@H]1CNC(=O)c1ccc(C(=O)N(C)C(C)C)cn1. The summed E-state index contributed by atoms with van der Waals surface area (Å²) >= 11 is 0. The van der Waals surface area contributed by atoms with Crippen LogP contribution in [-0.2, 0) is 4.79 Å². The van der Waals surface area contributed by atoms with Gasteiger partial charge in [0.05, 0.1) is 12.2 Å². The third kappa shape index (κ3) is 7.25. The maximum absolute atomic E-state index is 12.9. The Labute approximate surface area is 232 Å².